The number of benzene rings is 1. The highest BCUT2D eigenvalue weighted by atomic mass is 16.2. The Morgan fingerprint density at radius 3 is 2.73 bits per heavy atom. The minimum Gasteiger partial charge on any atom is -0.341 e. The van der Waals surface area contributed by atoms with Gasteiger partial charge in [-0.05, 0) is 23.8 Å². The molecule has 0 aliphatic carbocycles. The molecule has 0 saturated heterocycles. The molecule has 2 N–H and O–H groups in total. The monoisotopic (exact) mass is 293 g/mol. The molecular formula is C16H15N5O. The van der Waals surface area contributed by atoms with E-state index >= 15 is 0 Å². The fourth-order valence-electron chi connectivity index (χ4n) is 1.97. The number of fused-ring (bicyclic) bond motifs is 1. The zero-order valence-electron chi connectivity index (χ0n) is 12.0. The third-order valence-electron chi connectivity index (χ3n) is 3.06. The number of amides is 2. The Hall–Kier alpha value is -3.15. The molecule has 22 heavy (non-hydrogen) atoms. The highest BCUT2D eigenvalue weighted by Gasteiger charge is 2.05. The first-order valence-corrected chi connectivity index (χ1v) is 6.83. The van der Waals surface area contributed by atoms with Gasteiger partial charge in [0.15, 0.2) is 11.5 Å². The van der Waals surface area contributed by atoms with Gasteiger partial charge in [-0.3, -0.25) is 5.32 Å². The topological polar surface area (TPSA) is 71.3 Å². The van der Waals surface area contributed by atoms with Gasteiger partial charge in [-0.25, -0.2) is 14.3 Å². The van der Waals surface area contributed by atoms with Gasteiger partial charge in [0.1, 0.15) is 0 Å². The summed E-state index contributed by atoms with van der Waals surface area (Å²) in [7, 11) is 1.55. The van der Waals surface area contributed by atoms with Crippen molar-refractivity contribution in [2.45, 2.75) is 0 Å². The Labute approximate surface area is 127 Å². The van der Waals surface area contributed by atoms with Crippen LogP contribution >= 0.6 is 0 Å². The van der Waals surface area contributed by atoms with E-state index in [2.05, 4.69) is 20.7 Å². The third kappa shape index (κ3) is 3.12. The van der Waals surface area contributed by atoms with Crippen molar-refractivity contribution >= 4 is 29.6 Å². The number of aromatic nitrogens is 3. The van der Waals surface area contributed by atoms with Crippen LogP contribution in [0.1, 0.15) is 11.3 Å². The maximum Gasteiger partial charge on any atom is 0.320 e. The fraction of sp³-hybridized carbons (Fsp3) is 0.0625. The number of anilines is 1. The van der Waals surface area contributed by atoms with E-state index in [1.165, 1.54) is 0 Å². The highest BCUT2D eigenvalue weighted by Crippen LogP contribution is 2.11. The summed E-state index contributed by atoms with van der Waals surface area (Å²) in [4.78, 5) is 15.5. The number of carbonyl (C=O) groups excluding carboxylic acids is 1. The molecule has 0 radical (unpaired) electrons. The first-order chi connectivity index (χ1) is 10.7. The van der Waals surface area contributed by atoms with Crippen LogP contribution in [-0.2, 0) is 0 Å². The van der Waals surface area contributed by atoms with Crippen LogP contribution in [0.15, 0.2) is 48.7 Å². The van der Waals surface area contributed by atoms with E-state index in [1.807, 2.05) is 54.6 Å². The summed E-state index contributed by atoms with van der Waals surface area (Å²) >= 11 is 0. The molecule has 0 bridgehead atoms. The summed E-state index contributed by atoms with van der Waals surface area (Å²) in [6.07, 6.45) is 5.60. The van der Waals surface area contributed by atoms with Gasteiger partial charge in [0, 0.05) is 7.05 Å². The van der Waals surface area contributed by atoms with Gasteiger partial charge < -0.3 is 5.32 Å². The predicted molar refractivity (Wildman–Crippen MR) is 86.4 cm³/mol. The molecule has 2 aromatic heterocycles. The van der Waals surface area contributed by atoms with E-state index in [0.717, 1.165) is 11.3 Å². The van der Waals surface area contributed by atoms with Crippen molar-refractivity contribution in [3.05, 3.63) is 59.9 Å². The van der Waals surface area contributed by atoms with Crippen molar-refractivity contribution in [1.29, 1.82) is 0 Å². The van der Waals surface area contributed by atoms with Crippen molar-refractivity contribution in [2.75, 3.05) is 12.4 Å². The quantitative estimate of drug-likeness (QED) is 0.780. The Morgan fingerprint density at radius 2 is 1.95 bits per heavy atom. The van der Waals surface area contributed by atoms with Crippen molar-refractivity contribution in [3.8, 4) is 0 Å². The van der Waals surface area contributed by atoms with Crippen LogP contribution < -0.4 is 10.6 Å². The summed E-state index contributed by atoms with van der Waals surface area (Å²) in [5.74, 6) is 0.455. The number of nitrogens with one attached hydrogen (secondary N) is 2. The number of carbonyl (C=O) groups is 1. The molecule has 2 heterocycles. The Balaban J connectivity index is 1.83. The smallest absolute Gasteiger partial charge is 0.320 e. The van der Waals surface area contributed by atoms with E-state index < -0.39 is 0 Å². The number of hydrogen-bond donors (Lipinski definition) is 2. The van der Waals surface area contributed by atoms with Crippen LogP contribution in [0.2, 0.25) is 0 Å². The third-order valence-corrected chi connectivity index (χ3v) is 3.06. The second-order valence-corrected chi connectivity index (χ2v) is 4.64. The van der Waals surface area contributed by atoms with Crippen molar-refractivity contribution in [3.63, 3.8) is 0 Å². The Kier molecular flexibility index (Phi) is 3.82. The molecular weight excluding hydrogens is 278 g/mol. The molecule has 6 nitrogen and oxygen atoms in total. The molecule has 1 aromatic carbocycles. The predicted octanol–water partition coefficient (Wildman–Crippen LogP) is 2.65. The standard InChI is InChI=1S/C16H15N5O/c1-17-16(22)19-14-11-21-15(18-14)10-9-13(20-21)8-7-12-5-3-2-4-6-12/h2-11H,1H3,(H2,17,19,22). The zero-order chi connectivity index (χ0) is 15.4. The summed E-state index contributed by atoms with van der Waals surface area (Å²) < 4.78 is 1.63. The molecule has 0 aliphatic heterocycles. The van der Waals surface area contributed by atoms with E-state index in [9.17, 15) is 4.79 Å². The van der Waals surface area contributed by atoms with Gasteiger partial charge in [-0.15, -0.1) is 0 Å². The molecule has 0 spiro atoms. The molecule has 2 amide bonds. The lowest BCUT2D eigenvalue weighted by Crippen LogP contribution is -2.24. The van der Waals surface area contributed by atoms with Gasteiger partial charge >= 0.3 is 6.03 Å². The van der Waals surface area contributed by atoms with Gasteiger partial charge in [0.25, 0.3) is 0 Å². The molecule has 3 aromatic rings. The number of imidazole rings is 1. The molecule has 0 unspecified atom stereocenters. The number of nitrogens with zero attached hydrogens (tertiary/aromatic N) is 3. The van der Waals surface area contributed by atoms with E-state index in [0.29, 0.717) is 11.5 Å². The largest absolute Gasteiger partial charge is 0.341 e. The minimum absolute atomic E-state index is 0.312. The summed E-state index contributed by atoms with van der Waals surface area (Å²) in [5, 5.41) is 9.53. The van der Waals surface area contributed by atoms with Crippen LogP contribution in [-0.4, -0.2) is 27.7 Å². The molecule has 6 heteroatoms. The average molecular weight is 293 g/mol. The summed E-state index contributed by atoms with van der Waals surface area (Å²) in [6, 6.07) is 13.4. The van der Waals surface area contributed by atoms with Gasteiger partial charge in [0.2, 0.25) is 0 Å². The number of urea groups is 1. The van der Waals surface area contributed by atoms with Crippen molar-refractivity contribution < 1.29 is 4.79 Å². The van der Waals surface area contributed by atoms with Gasteiger partial charge in [-0.2, -0.15) is 5.10 Å². The van der Waals surface area contributed by atoms with E-state index in [1.54, 1.807) is 17.8 Å². The number of rotatable bonds is 3. The van der Waals surface area contributed by atoms with Crippen molar-refractivity contribution in [2.24, 2.45) is 0 Å². The van der Waals surface area contributed by atoms with E-state index in [-0.39, 0.29) is 6.03 Å². The average Bonchev–Trinajstić information content (AvgIpc) is 2.95. The Bertz CT molecular complexity index is 823. The van der Waals surface area contributed by atoms with Gasteiger partial charge in [-0.1, -0.05) is 36.4 Å². The lowest BCUT2D eigenvalue weighted by molar-refractivity contribution is 0.254. The van der Waals surface area contributed by atoms with Gasteiger partial charge in [0.05, 0.1) is 11.9 Å². The number of hydrogen-bond acceptors (Lipinski definition) is 3. The summed E-state index contributed by atoms with van der Waals surface area (Å²) in [6.45, 7) is 0. The van der Waals surface area contributed by atoms with Crippen LogP contribution in [0.4, 0.5) is 10.6 Å². The molecule has 110 valence electrons. The van der Waals surface area contributed by atoms with Crippen LogP contribution in [0.3, 0.4) is 0 Å². The lowest BCUT2D eigenvalue weighted by atomic mass is 10.2. The van der Waals surface area contributed by atoms with Crippen molar-refractivity contribution in [1.82, 2.24) is 19.9 Å². The molecule has 0 aliphatic rings. The first-order valence-electron chi connectivity index (χ1n) is 6.83. The molecule has 3 rings (SSSR count). The maximum absolute atomic E-state index is 11.3. The van der Waals surface area contributed by atoms with Crippen LogP contribution in [0, 0.1) is 0 Å². The summed E-state index contributed by atoms with van der Waals surface area (Å²) in [5.41, 5.74) is 2.58. The van der Waals surface area contributed by atoms with Crippen LogP contribution in [0.5, 0.6) is 0 Å². The molecule has 0 atom stereocenters. The van der Waals surface area contributed by atoms with E-state index in [4.69, 9.17) is 0 Å². The first kappa shape index (κ1) is 13.8. The second-order valence-electron chi connectivity index (χ2n) is 4.64. The SMILES string of the molecule is CNC(=O)Nc1cn2nc(C=Cc3ccccc3)ccc2n1. The maximum atomic E-state index is 11.3. The minimum atomic E-state index is -0.312. The molecule has 0 saturated carbocycles. The molecule has 0 fully saturated rings. The zero-order valence-corrected chi connectivity index (χ0v) is 12.0. The second kappa shape index (κ2) is 6.09. The highest BCUT2D eigenvalue weighted by molar-refractivity contribution is 5.88. The lowest BCUT2D eigenvalue weighted by Gasteiger charge is -1.97. The fourth-order valence-corrected chi connectivity index (χ4v) is 1.97. The normalized spacial score (nSPS) is 11.0. The van der Waals surface area contributed by atoms with Crippen LogP contribution in [0.25, 0.3) is 17.8 Å². The Morgan fingerprint density at radius 1 is 1.14 bits per heavy atom.